The van der Waals surface area contributed by atoms with Crippen LogP contribution in [0.2, 0.25) is 0 Å². The Labute approximate surface area is 111 Å². The van der Waals surface area contributed by atoms with Gasteiger partial charge in [-0.2, -0.15) is 10.5 Å². The topological polar surface area (TPSA) is 91.2 Å². The summed E-state index contributed by atoms with van der Waals surface area (Å²) in [5.74, 6) is 0.624. The Bertz CT molecular complexity index is 699. The first-order valence-electron chi connectivity index (χ1n) is 5.80. The normalized spacial score (nSPS) is 10.2. The van der Waals surface area contributed by atoms with E-state index < -0.39 is 0 Å². The molecule has 6 nitrogen and oxygen atoms in total. The van der Waals surface area contributed by atoms with Crippen molar-refractivity contribution in [3.63, 3.8) is 0 Å². The smallest absolute Gasteiger partial charge is 0.236 e. The van der Waals surface area contributed by atoms with Gasteiger partial charge in [-0.3, -0.25) is 4.57 Å². The molecule has 0 aromatic carbocycles. The van der Waals surface area contributed by atoms with E-state index in [1.807, 2.05) is 39.0 Å². The van der Waals surface area contributed by atoms with Gasteiger partial charge in [0.1, 0.15) is 18.5 Å². The molecule has 6 heteroatoms. The number of nitrogens with zero attached hydrogens (tertiary/aromatic N) is 6. The minimum Gasteiger partial charge on any atom is -0.257 e. The van der Waals surface area contributed by atoms with Gasteiger partial charge in [0.2, 0.25) is 5.95 Å². The third kappa shape index (κ3) is 2.29. The van der Waals surface area contributed by atoms with Gasteiger partial charge in [-0.15, -0.1) is 0 Å². The van der Waals surface area contributed by atoms with Crippen LogP contribution < -0.4 is 0 Å². The molecule has 0 saturated carbocycles. The van der Waals surface area contributed by atoms with Crippen molar-refractivity contribution in [3.8, 4) is 18.1 Å². The van der Waals surface area contributed by atoms with Crippen molar-refractivity contribution in [2.45, 2.75) is 26.7 Å². The summed E-state index contributed by atoms with van der Waals surface area (Å²) < 4.78 is 1.44. The summed E-state index contributed by atoms with van der Waals surface area (Å²) in [6.45, 7) is 5.93. The predicted molar refractivity (Wildman–Crippen MR) is 67.4 cm³/mol. The maximum absolute atomic E-state index is 9.11. The zero-order chi connectivity index (χ0) is 14.0. The molecule has 19 heavy (non-hydrogen) atoms. The van der Waals surface area contributed by atoms with Crippen molar-refractivity contribution < 1.29 is 0 Å². The van der Waals surface area contributed by atoms with Gasteiger partial charge in [0, 0.05) is 11.4 Å². The molecule has 0 N–H and O–H groups in total. The van der Waals surface area contributed by atoms with Crippen LogP contribution in [0.25, 0.3) is 5.95 Å². The van der Waals surface area contributed by atoms with E-state index >= 15 is 0 Å². The number of hydrogen-bond donors (Lipinski definition) is 0. The lowest BCUT2D eigenvalue weighted by Gasteiger charge is -2.09. The summed E-state index contributed by atoms with van der Waals surface area (Å²) in [6.07, 6.45) is 1.40. The molecule has 0 spiro atoms. The molecule has 0 aliphatic rings. The average Bonchev–Trinajstić information content (AvgIpc) is 2.80. The van der Waals surface area contributed by atoms with E-state index in [1.54, 1.807) is 0 Å². The van der Waals surface area contributed by atoms with Crippen LogP contribution in [0.5, 0.6) is 0 Å². The first-order chi connectivity index (χ1) is 9.06. The van der Waals surface area contributed by atoms with E-state index in [0.29, 0.717) is 5.95 Å². The molecule has 0 saturated heterocycles. The van der Waals surface area contributed by atoms with Gasteiger partial charge in [-0.1, -0.05) is 13.8 Å². The Morgan fingerprint density at radius 1 is 1.21 bits per heavy atom. The Kier molecular flexibility index (Phi) is 3.26. The van der Waals surface area contributed by atoms with Crippen LogP contribution in [0.3, 0.4) is 0 Å². The average molecular weight is 252 g/mol. The summed E-state index contributed by atoms with van der Waals surface area (Å²) >= 11 is 0. The summed E-state index contributed by atoms with van der Waals surface area (Å²) in [4.78, 5) is 12.6. The van der Waals surface area contributed by atoms with Crippen LogP contribution in [0.1, 0.15) is 42.5 Å². The zero-order valence-corrected chi connectivity index (χ0v) is 10.9. The van der Waals surface area contributed by atoms with E-state index in [4.69, 9.17) is 10.5 Å². The van der Waals surface area contributed by atoms with Crippen molar-refractivity contribution in [1.82, 2.24) is 19.5 Å². The first kappa shape index (κ1) is 12.7. The third-order valence-electron chi connectivity index (χ3n) is 2.65. The molecule has 0 radical (unpaired) electrons. The van der Waals surface area contributed by atoms with Crippen LogP contribution in [0.15, 0.2) is 12.4 Å². The molecule has 2 heterocycles. The fraction of sp³-hybridized carbons (Fsp3) is 0.308. The van der Waals surface area contributed by atoms with Gasteiger partial charge in [-0.25, -0.2) is 15.0 Å². The van der Waals surface area contributed by atoms with Gasteiger partial charge in [-0.05, 0) is 18.9 Å². The Morgan fingerprint density at radius 3 is 2.53 bits per heavy atom. The second kappa shape index (κ2) is 4.87. The Hall–Kier alpha value is -2.73. The zero-order valence-electron chi connectivity index (χ0n) is 10.9. The van der Waals surface area contributed by atoms with Crippen molar-refractivity contribution in [3.05, 3.63) is 35.2 Å². The molecular weight excluding hydrogens is 240 g/mol. The van der Waals surface area contributed by atoms with Crippen molar-refractivity contribution in [2.24, 2.45) is 0 Å². The largest absolute Gasteiger partial charge is 0.257 e. The molecule has 0 bridgehead atoms. The quantitative estimate of drug-likeness (QED) is 0.813. The number of aryl methyl sites for hydroxylation is 1. The number of imidazole rings is 1. The minimum atomic E-state index is 0.0821. The number of rotatable bonds is 2. The molecule has 2 aromatic heterocycles. The highest BCUT2D eigenvalue weighted by Crippen LogP contribution is 2.16. The molecule has 2 aromatic rings. The van der Waals surface area contributed by atoms with Crippen LogP contribution in [0.4, 0.5) is 0 Å². The molecule has 0 aliphatic carbocycles. The summed E-state index contributed by atoms with van der Waals surface area (Å²) in [5, 5.41) is 18.0. The fourth-order valence-corrected chi connectivity index (χ4v) is 1.67. The third-order valence-corrected chi connectivity index (χ3v) is 2.65. The van der Waals surface area contributed by atoms with E-state index in [1.165, 1.54) is 10.9 Å². The van der Waals surface area contributed by atoms with E-state index in [0.717, 1.165) is 11.4 Å². The lowest BCUT2D eigenvalue weighted by Crippen LogP contribution is -2.07. The van der Waals surface area contributed by atoms with Gasteiger partial charge in [0.25, 0.3) is 0 Å². The molecule has 0 fully saturated rings. The van der Waals surface area contributed by atoms with E-state index in [2.05, 4.69) is 15.0 Å². The van der Waals surface area contributed by atoms with Crippen molar-refractivity contribution >= 4 is 0 Å². The maximum atomic E-state index is 9.11. The fourth-order valence-electron chi connectivity index (χ4n) is 1.67. The lowest BCUT2D eigenvalue weighted by atomic mass is 10.1. The van der Waals surface area contributed by atoms with Crippen LogP contribution >= 0.6 is 0 Å². The lowest BCUT2D eigenvalue weighted by molar-refractivity contribution is 0.782. The second-order valence-electron chi connectivity index (χ2n) is 4.42. The number of hydrogen-bond acceptors (Lipinski definition) is 5. The van der Waals surface area contributed by atoms with Crippen LogP contribution in [-0.4, -0.2) is 19.5 Å². The highest BCUT2D eigenvalue weighted by Gasteiger charge is 2.15. The highest BCUT2D eigenvalue weighted by molar-refractivity contribution is 5.40. The van der Waals surface area contributed by atoms with Crippen molar-refractivity contribution in [1.29, 1.82) is 10.5 Å². The van der Waals surface area contributed by atoms with Crippen molar-refractivity contribution in [2.75, 3.05) is 0 Å². The molecule has 2 rings (SSSR count). The molecule has 0 unspecified atom stereocenters. The predicted octanol–water partition coefficient (Wildman–Crippen LogP) is 1.84. The Morgan fingerprint density at radius 2 is 1.95 bits per heavy atom. The molecule has 94 valence electrons. The first-order valence-corrected chi connectivity index (χ1v) is 5.80. The van der Waals surface area contributed by atoms with Crippen LogP contribution in [0, 0.1) is 29.6 Å². The summed E-state index contributed by atoms with van der Waals surface area (Å²) in [7, 11) is 0. The minimum absolute atomic E-state index is 0.0821. The molecular formula is C13H12N6. The van der Waals surface area contributed by atoms with Gasteiger partial charge >= 0.3 is 0 Å². The SMILES string of the molecule is Cc1cc(C(C)C)nc(-n2cnc(C#N)c2C#N)n1. The second-order valence-corrected chi connectivity index (χ2v) is 4.42. The summed E-state index contributed by atoms with van der Waals surface area (Å²) in [5.41, 5.74) is 1.94. The molecule has 0 atom stereocenters. The maximum Gasteiger partial charge on any atom is 0.236 e. The van der Waals surface area contributed by atoms with Gasteiger partial charge < -0.3 is 0 Å². The standard InChI is InChI=1S/C13H12N6/c1-8(2)10-4-9(3)17-13(18-10)19-7-16-11(5-14)12(19)6-15/h4,7-8H,1-3H3. The molecule has 0 amide bonds. The number of aromatic nitrogens is 4. The van der Waals surface area contributed by atoms with Crippen LogP contribution in [-0.2, 0) is 0 Å². The monoisotopic (exact) mass is 252 g/mol. The Balaban J connectivity index is 2.64. The summed E-state index contributed by atoms with van der Waals surface area (Å²) in [6, 6.07) is 5.74. The van der Waals surface area contributed by atoms with Gasteiger partial charge in [0.15, 0.2) is 11.4 Å². The van der Waals surface area contributed by atoms with Gasteiger partial charge in [0.05, 0.1) is 0 Å². The van der Waals surface area contributed by atoms with E-state index in [-0.39, 0.29) is 17.3 Å². The number of nitriles is 2. The highest BCUT2D eigenvalue weighted by atomic mass is 15.2. The molecule has 0 aliphatic heterocycles. The van der Waals surface area contributed by atoms with E-state index in [9.17, 15) is 0 Å².